The van der Waals surface area contributed by atoms with E-state index in [1.807, 2.05) is 23.9 Å². The second-order valence-electron chi connectivity index (χ2n) is 10.2. The molecule has 0 saturated carbocycles. The number of carbonyl (C=O) groups excluding carboxylic acids is 2. The van der Waals surface area contributed by atoms with Crippen molar-refractivity contribution in [1.29, 1.82) is 0 Å². The molecule has 3 aliphatic rings. The topological polar surface area (TPSA) is 81.2 Å². The number of nitrogens with zero attached hydrogens (tertiary/aromatic N) is 5. The summed E-state index contributed by atoms with van der Waals surface area (Å²) in [4.78, 5) is 38.3. The molecule has 35 heavy (non-hydrogen) atoms. The zero-order valence-corrected chi connectivity index (χ0v) is 22.0. The number of aromatic nitrogens is 1. The number of halogens is 1. The summed E-state index contributed by atoms with van der Waals surface area (Å²) in [6.45, 7) is 6.59. The third kappa shape index (κ3) is 6.30. The average Bonchev–Trinajstić information content (AvgIpc) is 3.40. The van der Waals surface area contributed by atoms with E-state index in [-0.39, 0.29) is 23.9 Å². The standard InChI is InChI=1S/C25H39ClN6O3/c1-29(2)22-21(26)16-20(24(28-22)35-3)23(33)27-19-8-12-30(13-9-19)17-18-6-14-32(15-7-18)25(34)31-10-4-5-11-31/h16,18-19H,4-15,17H2,1-3H3,(H,27,33). The molecule has 0 bridgehead atoms. The van der Waals surface area contributed by atoms with Crippen LogP contribution >= 0.6 is 11.6 Å². The van der Waals surface area contributed by atoms with Crippen molar-refractivity contribution in [1.82, 2.24) is 25.0 Å². The van der Waals surface area contributed by atoms with Gasteiger partial charge in [-0.1, -0.05) is 11.6 Å². The molecule has 0 radical (unpaired) electrons. The predicted molar refractivity (Wildman–Crippen MR) is 138 cm³/mol. The minimum Gasteiger partial charge on any atom is -0.480 e. The number of hydrogen-bond acceptors (Lipinski definition) is 6. The molecule has 3 fully saturated rings. The van der Waals surface area contributed by atoms with Gasteiger partial charge in [-0.25, -0.2) is 4.79 Å². The van der Waals surface area contributed by atoms with Crippen molar-refractivity contribution in [2.75, 3.05) is 71.9 Å². The summed E-state index contributed by atoms with van der Waals surface area (Å²) in [6.07, 6.45) is 6.26. The number of hydrogen-bond donors (Lipinski definition) is 1. The van der Waals surface area contributed by atoms with Gasteiger partial charge in [0.25, 0.3) is 5.91 Å². The van der Waals surface area contributed by atoms with Crippen LogP contribution in [0, 0.1) is 5.92 Å². The Labute approximate surface area is 213 Å². The molecule has 0 aromatic carbocycles. The Kier molecular flexibility index (Phi) is 8.59. The number of urea groups is 1. The molecule has 0 unspecified atom stereocenters. The van der Waals surface area contributed by atoms with Gasteiger partial charge in [-0.2, -0.15) is 4.98 Å². The molecule has 194 valence electrons. The molecular formula is C25H39ClN6O3. The van der Waals surface area contributed by atoms with Crippen LogP contribution in [0.5, 0.6) is 5.88 Å². The Hall–Kier alpha value is -2.26. The van der Waals surface area contributed by atoms with Crippen molar-refractivity contribution in [3.8, 4) is 5.88 Å². The number of piperidine rings is 2. The van der Waals surface area contributed by atoms with Crippen molar-refractivity contribution in [2.24, 2.45) is 5.92 Å². The lowest BCUT2D eigenvalue weighted by Gasteiger charge is -2.38. The van der Waals surface area contributed by atoms with Crippen LogP contribution in [0.4, 0.5) is 10.6 Å². The molecular weight excluding hydrogens is 468 g/mol. The van der Waals surface area contributed by atoms with Crippen molar-refractivity contribution >= 4 is 29.4 Å². The van der Waals surface area contributed by atoms with Crippen molar-refractivity contribution in [3.63, 3.8) is 0 Å². The monoisotopic (exact) mass is 506 g/mol. The fraction of sp³-hybridized carbons (Fsp3) is 0.720. The molecule has 0 atom stereocenters. The molecule has 1 N–H and O–H groups in total. The molecule has 9 nitrogen and oxygen atoms in total. The van der Waals surface area contributed by atoms with E-state index >= 15 is 0 Å². The summed E-state index contributed by atoms with van der Waals surface area (Å²) in [6, 6.07) is 1.99. The molecule has 1 aromatic heterocycles. The number of ether oxygens (including phenoxy) is 1. The number of nitrogens with one attached hydrogen (secondary N) is 1. The van der Waals surface area contributed by atoms with Crippen LogP contribution in [0.2, 0.25) is 5.02 Å². The lowest BCUT2D eigenvalue weighted by molar-refractivity contribution is 0.0885. The van der Waals surface area contributed by atoms with Gasteiger partial charge in [0.15, 0.2) is 5.82 Å². The van der Waals surface area contributed by atoms with Crippen LogP contribution < -0.4 is 15.0 Å². The first-order valence-corrected chi connectivity index (χ1v) is 13.2. The van der Waals surface area contributed by atoms with Gasteiger partial charge in [0.2, 0.25) is 5.88 Å². The van der Waals surface area contributed by atoms with E-state index in [1.165, 1.54) is 7.11 Å². The molecule has 4 rings (SSSR count). The maximum Gasteiger partial charge on any atom is 0.319 e. The molecule has 10 heteroatoms. The number of carbonyl (C=O) groups is 2. The summed E-state index contributed by atoms with van der Waals surface area (Å²) in [7, 11) is 5.20. The highest BCUT2D eigenvalue weighted by Crippen LogP contribution is 2.29. The maximum absolute atomic E-state index is 13.0. The number of amides is 3. The predicted octanol–water partition coefficient (Wildman–Crippen LogP) is 2.93. The van der Waals surface area contributed by atoms with Gasteiger partial charge in [-0.15, -0.1) is 0 Å². The van der Waals surface area contributed by atoms with Crippen LogP contribution in [-0.2, 0) is 0 Å². The molecule has 4 heterocycles. The largest absolute Gasteiger partial charge is 0.480 e. The van der Waals surface area contributed by atoms with Gasteiger partial charge in [0.05, 0.1) is 12.1 Å². The van der Waals surface area contributed by atoms with Gasteiger partial charge in [0, 0.05) is 66.0 Å². The van der Waals surface area contributed by atoms with Crippen molar-refractivity contribution in [2.45, 2.75) is 44.6 Å². The Bertz CT molecular complexity index is 891. The molecule has 3 aliphatic heterocycles. The summed E-state index contributed by atoms with van der Waals surface area (Å²) in [5.41, 5.74) is 0.362. The van der Waals surface area contributed by atoms with Crippen LogP contribution in [0.1, 0.15) is 48.9 Å². The fourth-order valence-electron chi connectivity index (χ4n) is 5.40. The number of pyridine rings is 1. The summed E-state index contributed by atoms with van der Waals surface area (Å²) in [5.74, 6) is 1.29. The van der Waals surface area contributed by atoms with E-state index < -0.39 is 0 Å². The lowest BCUT2D eigenvalue weighted by atomic mass is 9.94. The van der Waals surface area contributed by atoms with E-state index in [9.17, 15) is 9.59 Å². The first-order valence-electron chi connectivity index (χ1n) is 12.8. The van der Waals surface area contributed by atoms with Gasteiger partial charge in [-0.05, 0) is 50.5 Å². The zero-order chi connectivity index (χ0) is 24.9. The van der Waals surface area contributed by atoms with Gasteiger partial charge >= 0.3 is 6.03 Å². The third-order valence-electron chi connectivity index (χ3n) is 7.48. The first kappa shape index (κ1) is 25.8. The zero-order valence-electron chi connectivity index (χ0n) is 21.3. The molecule has 0 spiro atoms. The Balaban J connectivity index is 1.21. The van der Waals surface area contributed by atoms with E-state index in [0.29, 0.717) is 22.3 Å². The highest BCUT2D eigenvalue weighted by Gasteiger charge is 2.30. The SMILES string of the molecule is COc1nc(N(C)C)c(Cl)cc1C(=O)NC1CCN(CC2CCN(C(=O)N3CCCC3)CC2)CC1. The van der Waals surface area contributed by atoms with Gasteiger partial charge in [-0.3, -0.25) is 4.79 Å². The normalized spacial score (nSPS) is 20.2. The minimum atomic E-state index is -0.199. The molecule has 3 saturated heterocycles. The van der Waals surface area contributed by atoms with E-state index in [0.717, 1.165) is 84.3 Å². The van der Waals surface area contributed by atoms with Crippen molar-refractivity contribution < 1.29 is 14.3 Å². The first-order chi connectivity index (χ1) is 16.9. The summed E-state index contributed by atoms with van der Waals surface area (Å²) in [5, 5.41) is 3.57. The smallest absolute Gasteiger partial charge is 0.319 e. The molecule has 1 aromatic rings. The summed E-state index contributed by atoms with van der Waals surface area (Å²) >= 11 is 6.34. The number of methoxy groups -OCH3 is 1. The van der Waals surface area contributed by atoms with Gasteiger partial charge < -0.3 is 29.7 Å². The van der Waals surface area contributed by atoms with Crippen LogP contribution in [0.3, 0.4) is 0 Å². The van der Waals surface area contributed by atoms with E-state index in [1.54, 1.807) is 11.0 Å². The second kappa shape index (κ2) is 11.6. The van der Waals surface area contributed by atoms with E-state index in [4.69, 9.17) is 16.3 Å². The second-order valence-corrected chi connectivity index (χ2v) is 10.6. The van der Waals surface area contributed by atoms with Gasteiger partial charge in [0.1, 0.15) is 5.56 Å². The highest BCUT2D eigenvalue weighted by atomic mass is 35.5. The Morgan fingerprint density at radius 3 is 2.29 bits per heavy atom. The molecule has 3 amide bonds. The maximum atomic E-state index is 13.0. The Morgan fingerprint density at radius 1 is 1.06 bits per heavy atom. The number of anilines is 1. The van der Waals surface area contributed by atoms with Crippen LogP contribution in [-0.4, -0.2) is 105 Å². The highest BCUT2D eigenvalue weighted by molar-refractivity contribution is 6.33. The summed E-state index contributed by atoms with van der Waals surface area (Å²) < 4.78 is 5.36. The van der Waals surface area contributed by atoms with Crippen molar-refractivity contribution in [3.05, 3.63) is 16.7 Å². The van der Waals surface area contributed by atoms with Crippen LogP contribution in [0.15, 0.2) is 6.07 Å². The van der Waals surface area contributed by atoms with Crippen LogP contribution in [0.25, 0.3) is 0 Å². The third-order valence-corrected chi connectivity index (χ3v) is 7.76. The fourth-order valence-corrected chi connectivity index (χ4v) is 5.72. The van der Waals surface area contributed by atoms with E-state index in [2.05, 4.69) is 15.2 Å². The lowest BCUT2D eigenvalue weighted by Crippen LogP contribution is -2.49. The number of likely N-dealkylation sites (tertiary alicyclic amines) is 3. The Morgan fingerprint density at radius 2 is 1.69 bits per heavy atom. The molecule has 0 aliphatic carbocycles. The average molecular weight is 507 g/mol. The minimum absolute atomic E-state index is 0.121. The quantitative estimate of drug-likeness (QED) is 0.639. The number of rotatable bonds is 6.